The van der Waals surface area contributed by atoms with Crippen LogP contribution in [0.5, 0.6) is 5.75 Å². The third-order valence-corrected chi connectivity index (χ3v) is 7.66. The number of ether oxygens (including phenoxy) is 1. The predicted octanol–water partition coefficient (Wildman–Crippen LogP) is 2.88. The molecule has 2 aliphatic heterocycles. The Bertz CT molecular complexity index is 1140. The molecule has 1 saturated heterocycles. The summed E-state index contributed by atoms with van der Waals surface area (Å²) in [5.41, 5.74) is 1.94. The molecule has 0 atom stereocenters. The van der Waals surface area contributed by atoms with Gasteiger partial charge < -0.3 is 30.1 Å². The van der Waals surface area contributed by atoms with E-state index in [9.17, 15) is 9.59 Å². The van der Waals surface area contributed by atoms with Crippen molar-refractivity contribution in [3.63, 3.8) is 0 Å². The van der Waals surface area contributed by atoms with Gasteiger partial charge in [0.05, 0.1) is 19.0 Å². The lowest BCUT2D eigenvalue weighted by Gasteiger charge is -2.28. The van der Waals surface area contributed by atoms with Crippen molar-refractivity contribution in [1.29, 1.82) is 0 Å². The number of nitrogens with zero attached hydrogens (tertiary/aromatic N) is 5. The molecule has 1 saturated carbocycles. The highest BCUT2D eigenvalue weighted by molar-refractivity contribution is 5.97. The number of anilines is 4. The molecule has 0 unspecified atom stereocenters. The van der Waals surface area contributed by atoms with Gasteiger partial charge in [0.25, 0.3) is 5.91 Å². The summed E-state index contributed by atoms with van der Waals surface area (Å²) in [7, 11) is 5.49. The van der Waals surface area contributed by atoms with Gasteiger partial charge in [-0.15, -0.1) is 0 Å². The fourth-order valence-corrected chi connectivity index (χ4v) is 4.99. The number of carbonyl (C=O) groups excluding carboxylic acids is 2. The molecule has 198 valence electrons. The summed E-state index contributed by atoms with van der Waals surface area (Å²) in [6.07, 6.45) is 6.81. The smallest absolute Gasteiger partial charge is 0.251 e. The van der Waals surface area contributed by atoms with Gasteiger partial charge >= 0.3 is 0 Å². The number of aromatic nitrogens is 2. The number of piperidine rings is 1. The summed E-state index contributed by atoms with van der Waals surface area (Å²) in [6, 6.07) is 5.34. The predicted molar refractivity (Wildman–Crippen MR) is 144 cm³/mol. The third-order valence-electron chi connectivity index (χ3n) is 7.66. The molecule has 1 aromatic carbocycles. The maximum atomic E-state index is 12.8. The van der Waals surface area contributed by atoms with Gasteiger partial charge in [0.2, 0.25) is 11.9 Å². The topological polar surface area (TPSA) is 103 Å². The van der Waals surface area contributed by atoms with Crippen molar-refractivity contribution >= 4 is 35.0 Å². The van der Waals surface area contributed by atoms with Crippen LogP contribution < -0.4 is 25.2 Å². The molecule has 2 fully saturated rings. The van der Waals surface area contributed by atoms with E-state index in [1.54, 1.807) is 37.4 Å². The van der Waals surface area contributed by atoms with Crippen LogP contribution in [0.2, 0.25) is 0 Å². The first-order valence-electron chi connectivity index (χ1n) is 13.2. The van der Waals surface area contributed by atoms with Crippen LogP contribution in [0.15, 0.2) is 24.4 Å². The van der Waals surface area contributed by atoms with E-state index in [0.29, 0.717) is 54.3 Å². The van der Waals surface area contributed by atoms with Crippen LogP contribution in [-0.2, 0) is 4.79 Å². The zero-order valence-electron chi connectivity index (χ0n) is 22.0. The first-order valence-corrected chi connectivity index (χ1v) is 13.2. The van der Waals surface area contributed by atoms with Crippen LogP contribution in [0.1, 0.15) is 42.5 Å². The van der Waals surface area contributed by atoms with E-state index in [1.165, 1.54) is 12.8 Å². The molecule has 0 spiro atoms. The summed E-state index contributed by atoms with van der Waals surface area (Å²) in [4.78, 5) is 40.8. The fourth-order valence-electron chi connectivity index (χ4n) is 4.99. The van der Waals surface area contributed by atoms with Crippen LogP contribution in [-0.4, -0.2) is 80.6 Å². The zero-order valence-corrected chi connectivity index (χ0v) is 22.0. The molecule has 10 nitrogen and oxygen atoms in total. The van der Waals surface area contributed by atoms with Gasteiger partial charge in [-0.05, 0) is 75.9 Å². The number of likely N-dealkylation sites (tertiary alicyclic amines) is 1. The average molecular weight is 508 g/mol. The normalized spacial score (nSPS) is 18.8. The Balaban J connectivity index is 1.30. The van der Waals surface area contributed by atoms with Crippen LogP contribution >= 0.6 is 0 Å². The van der Waals surface area contributed by atoms with Crippen molar-refractivity contribution in [3.8, 4) is 5.75 Å². The fraction of sp³-hybridized carbons (Fsp3) is 0.556. The van der Waals surface area contributed by atoms with Crippen LogP contribution in [0, 0.1) is 11.8 Å². The van der Waals surface area contributed by atoms with Gasteiger partial charge in [-0.25, -0.2) is 4.98 Å². The molecule has 2 N–H and O–H groups in total. The summed E-state index contributed by atoms with van der Waals surface area (Å²) >= 11 is 0. The van der Waals surface area contributed by atoms with E-state index in [1.807, 2.05) is 6.07 Å². The van der Waals surface area contributed by atoms with Crippen molar-refractivity contribution in [2.24, 2.45) is 11.8 Å². The number of fused-ring (bicyclic) bond motifs is 1. The number of carbonyl (C=O) groups is 2. The van der Waals surface area contributed by atoms with Crippen molar-refractivity contribution < 1.29 is 14.3 Å². The van der Waals surface area contributed by atoms with Gasteiger partial charge in [0, 0.05) is 38.7 Å². The minimum absolute atomic E-state index is 0.0650. The monoisotopic (exact) mass is 507 g/mol. The Labute approximate surface area is 218 Å². The SMILES string of the molecule is COc1cc(C(=O)NCC2CCN(C)CC2)ccc1Nc1ncc2c(n1)N(CC1CC1)CCC(=O)N2C. The lowest BCUT2D eigenvalue weighted by Crippen LogP contribution is -2.36. The molecule has 3 heterocycles. The Morgan fingerprint density at radius 2 is 1.89 bits per heavy atom. The van der Waals surface area contributed by atoms with Crippen LogP contribution in [0.25, 0.3) is 0 Å². The molecule has 0 bridgehead atoms. The van der Waals surface area contributed by atoms with Crippen molar-refractivity contribution in [3.05, 3.63) is 30.0 Å². The molecule has 37 heavy (non-hydrogen) atoms. The van der Waals surface area contributed by atoms with E-state index in [2.05, 4.69) is 32.5 Å². The molecular weight excluding hydrogens is 470 g/mol. The summed E-state index contributed by atoms with van der Waals surface area (Å²) in [5.74, 6) is 2.86. The molecule has 1 aliphatic carbocycles. The second-order valence-electron chi connectivity index (χ2n) is 10.5. The van der Waals surface area contributed by atoms with Crippen LogP contribution in [0.3, 0.4) is 0 Å². The number of benzene rings is 1. The largest absolute Gasteiger partial charge is 0.495 e. The number of rotatable bonds is 8. The standard InChI is InChI=1S/C27H37N7O3/c1-32-11-8-18(9-12-32)15-28-26(36)20-6-7-21(23(14-20)37-3)30-27-29-16-22-25(31-27)34(17-19-4-5-19)13-10-24(35)33(22)2/h6-7,14,16,18-19H,4-5,8-13,15,17H2,1-3H3,(H,28,36)(H,29,30,31). The summed E-state index contributed by atoms with van der Waals surface area (Å²) in [6.45, 7) is 4.38. The van der Waals surface area contributed by atoms with Gasteiger partial charge in [-0.2, -0.15) is 4.98 Å². The highest BCUT2D eigenvalue weighted by atomic mass is 16.5. The van der Waals surface area contributed by atoms with E-state index < -0.39 is 0 Å². The lowest BCUT2D eigenvalue weighted by atomic mass is 9.97. The van der Waals surface area contributed by atoms with E-state index in [-0.39, 0.29) is 11.8 Å². The molecular formula is C27H37N7O3. The van der Waals surface area contributed by atoms with E-state index >= 15 is 0 Å². The molecule has 5 rings (SSSR count). The zero-order chi connectivity index (χ0) is 25.9. The number of methoxy groups -OCH3 is 1. The highest BCUT2D eigenvalue weighted by Gasteiger charge is 2.31. The van der Waals surface area contributed by atoms with Crippen molar-refractivity contribution in [2.75, 3.05) is 69.0 Å². The minimum atomic E-state index is -0.103. The first-order chi connectivity index (χ1) is 17.9. The second-order valence-corrected chi connectivity index (χ2v) is 10.5. The van der Waals surface area contributed by atoms with Crippen molar-refractivity contribution in [2.45, 2.75) is 32.1 Å². The number of hydrogen-bond donors (Lipinski definition) is 2. The average Bonchev–Trinajstić information content (AvgIpc) is 3.75. The molecule has 1 aromatic heterocycles. The first kappa shape index (κ1) is 25.3. The van der Waals surface area contributed by atoms with E-state index in [4.69, 9.17) is 9.72 Å². The molecule has 3 aliphatic rings. The van der Waals surface area contributed by atoms with Gasteiger partial charge in [-0.1, -0.05) is 0 Å². The minimum Gasteiger partial charge on any atom is -0.495 e. The van der Waals surface area contributed by atoms with Crippen LogP contribution in [0.4, 0.5) is 23.1 Å². The maximum absolute atomic E-state index is 12.8. The quantitative estimate of drug-likeness (QED) is 0.562. The molecule has 10 heteroatoms. The number of nitrogens with one attached hydrogen (secondary N) is 2. The Kier molecular flexibility index (Phi) is 7.45. The van der Waals surface area contributed by atoms with Gasteiger partial charge in [0.15, 0.2) is 5.82 Å². The summed E-state index contributed by atoms with van der Waals surface area (Å²) < 4.78 is 5.59. The number of amides is 2. The highest BCUT2D eigenvalue weighted by Crippen LogP contribution is 2.36. The van der Waals surface area contributed by atoms with Gasteiger partial charge in [0.1, 0.15) is 11.4 Å². The molecule has 2 amide bonds. The third kappa shape index (κ3) is 5.95. The van der Waals surface area contributed by atoms with Gasteiger partial charge in [-0.3, -0.25) is 9.59 Å². The second kappa shape index (κ2) is 10.9. The lowest BCUT2D eigenvalue weighted by molar-refractivity contribution is -0.118. The molecule has 2 aromatic rings. The number of hydrogen-bond acceptors (Lipinski definition) is 8. The maximum Gasteiger partial charge on any atom is 0.251 e. The van der Waals surface area contributed by atoms with E-state index in [0.717, 1.165) is 44.0 Å². The molecule has 0 radical (unpaired) electrons. The Hall–Kier alpha value is -3.40. The Morgan fingerprint density at radius 3 is 2.62 bits per heavy atom. The Morgan fingerprint density at radius 1 is 1.11 bits per heavy atom. The van der Waals surface area contributed by atoms with Crippen molar-refractivity contribution in [1.82, 2.24) is 20.2 Å². The summed E-state index contributed by atoms with van der Waals surface area (Å²) in [5, 5.41) is 6.33.